The molecule has 1 aliphatic heterocycles. The van der Waals surface area contributed by atoms with Gasteiger partial charge >= 0.3 is 0 Å². The number of sulfonamides is 1. The van der Waals surface area contributed by atoms with Crippen molar-refractivity contribution in [2.24, 2.45) is 5.92 Å². The Kier molecular flexibility index (Phi) is 6.44. The first kappa shape index (κ1) is 23.1. The van der Waals surface area contributed by atoms with Crippen molar-refractivity contribution in [3.63, 3.8) is 0 Å². The van der Waals surface area contributed by atoms with Gasteiger partial charge in [0.25, 0.3) is 5.91 Å². The molecule has 2 N–H and O–H groups in total. The van der Waals surface area contributed by atoms with Gasteiger partial charge in [0.15, 0.2) is 0 Å². The molecule has 0 aromatic heterocycles. The summed E-state index contributed by atoms with van der Waals surface area (Å²) >= 11 is 0. The van der Waals surface area contributed by atoms with Crippen molar-refractivity contribution in [2.45, 2.75) is 62.3 Å². The summed E-state index contributed by atoms with van der Waals surface area (Å²) in [5.41, 5.74) is 3.51. The van der Waals surface area contributed by atoms with Gasteiger partial charge in [0, 0.05) is 36.3 Å². The predicted octanol–water partition coefficient (Wildman–Crippen LogP) is 3.50. The van der Waals surface area contributed by atoms with Crippen molar-refractivity contribution in [1.29, 1.82) is 0 Å². The molecule has 3 aliphatic rings. The highest BCUT2D eigenvalue weighted by Crippen LogP contribution is 2.29. The fourth-order valence-corrected chi connectivity index (χ4v) is 6.38. The molecule has 0 radical (unpaired) electrons. The van der Waals surface area contributed by atoms with Gasteiger partial charge in [-0.3, -0.25) is 9.59 Å². The second-order valence-electron chi connectivity index (χ2n) is 9.63. The Balaban J connectivity index is 1.19. The van der Waals surface area contributed by atoms with Crippen LogP contribution in [0.2, 0.25) is 0 Å². The Hall–Kier alpha value is -2.71. The van der Waals surface area contributed by atoms with Gasteiger partial charge in [-0.2, -0.15) is 4.31 Å². The van der Waals surface area contributed by atoms with Gasteiger partial charge < -0.3 is 10.6 Å². The van der Waals surface area contributed by atoms with Crippen LogP contribution in [0.25, 0.3) is 0 Å². The number of anilines is 1. The first-order chi connectivity index (χ1) is 16.4. The SMILES string of the molecule is O=C(NC1CC1)c1cccc(NC(=O)C2CCN(S(=O)(=O)c3ccc4c(c3)CCCC4)CC2)c1. The van der Waals surface area contributed by atoms with E-state index in [0.29, 0.717) is 42.1 Å². The van der Waals surface area contributed by atoms with Crippen LogP contribution in [-0.2, 0) is 27.7 Å². The molecule has 34 heavy (non-hydrogen) atoms. The van der Waals surface area contributed by atoms with E-state index in [4.69, 9.17) is 0 Å². The minimum absolute atomic E-state index is 0.126. The number of benzene rings is 2. The zero-order valence-electron chi connectivity index (χ0n) is 19.3. The second kappa shape index (κ2) is 9.50. The third-order valence-electron chi connectivity index (χ3n) is 7.09. The summed E-state index contributed by atoms with van der Waals surface area (Å²) < 4.78 is 27.9. The Morgan fingerprint density at radius 1 is 0.882 bits per heavy atom. The predicted molar refractivity (Wildman–Crippen MR) is 130 cm³/mol. The number of amides is 2. The minimum Gasteiger partial charge on any atom is -0.349 e. The van der Waals surface area contributed by atoms with Gasteiger partial charge in [-0.25, -0.2) is 8.42 Å². The van der Waals surface area contributed by atoms with Crippen LogP contribution < -0.4 is 10.6 Å². The fourth-order valence-electron chi connectivity index (χ4n) is 4.86. The number of fused-ring (bicyclic) bond motifs is 1. The molecule has 2 fully saturated rings. The molecular weight excluding hydrogens is 450 g/mol. The van der Waals surface area contributed by atoms with E-state index >= 15 is 0 Å². The number of nitrogens with zero attached hydrogens (tertiary/aromatic N) is 1. The molecule has 180 valence electrons. The minimum atomic E-state index is -3.57. The lowest BCUT2D eigenvalue weighted by Crippen LogP contribution is -2.41. The van der Waals surface area contributed by atoms with Crippen molar-refractivity contribution < 1.29 is 18.0 Å². The number of carbonyl (C=O) groups is 2. The molecular formula is C26H31N3O4S. The first-order valence-electron chi connectivity index (χ1n) is 12.2. The average molecular weight is 482 g/mol. The molecule has 2 aromatic rings. The normalized spacial score (nSPS) is 19.3. The monoisotopic (exact) mass is 481 g/mol. The smallest absolute Gasteiger partial charge is 0.251 e. The first-order valence-corrected chi connectivity index (χ1v) is 13.7. The van der Waals surface area contributed by atoms with Crippen molar-refractivity contribution in [3.05, 3.63) is 59.2 Å². The van der Waals surface area contributed by atoms with Crippen molar-refractivity contribution in [1.82, 2.24) is 9.62 Å². The maximum atomic E-state index is 13.2. The van der Waals surface area contributed by atoms with Gasteiger partial charge in [0.1, 0.15) is 0 Å². The summed E-state index contributed by atoms with van der Waals surface area (Å²) in [4.78, 5) is 25.5. The zero-order chi connectivity index (χ0) is 23.7. The molecule has 0 unspecified atom stereocenters. The molecule has 1 saturated heterocycles. The lowest BCUT2D eigenvalue weighted by Gasteiger charge is -2.31. The number of nitrogens with one attached hydrogen (secondary N) is 2. The highest BCUT2D eigenvalue weighted by molar-refractivity contribution is 7.89. The van der Waals surface area contributed by atoms with Crippen LogP contribution >= 0.6 is 0 Å². The van der Waals surface area contributed by atoms with Gasteiger partial charge in [-0.1, -0.05) is 12.1 Å². The van der Waals surface area contributed by atoms with E-state index in [9.17, 15) is 18.0 Å². The summed E-state index contributed by atoms with van der Waals surface area (Å²) in [6, 6.07) is 12.7. The number of carbonyl (C=O) groups excluding carboxylic acids is 2. The molecule has 8 heteroatoms. The number of piperidine rings is 1. The van der Waals surface area contributed by atoms with E-state index in [-0.39, 0.29) is 23.8 Å². The largest absolute Gasteiger partial charge is 0.349 e. The highest BCUT2D eigenvalue weighted by Gasteiger charge is 2.32. The van der Waals surface area contributed by atoms with E-state index < -0.39 is 10.0 Å². The summed E-state index contributed by atoms with van der Waals surface area (Å²) in [5, 5.41) is 5.86. The Bertz CT molecular complexity index is 1200. The maximum absolute atomic E-state index is 13.2. The Morgan fingerprint density at radius 2 is 1.62 bits per heavy atom. The quantitative estimate of drug-likeness (QED) is 0.660. The fraction of sp³-hybridized carbons (Fsp3) is 0.462. The average Bonchev–Trinajstić information content (AvgIpc) is 3.68. The topological polar surface area (TPSA) is 95.6 Å². The van der Waals surface area contributed by atoms with Crippen molar-refractivity contribution in [3.8, 4) is 0 Å². The molecule has 0 spiro atoms. The molecule has 2 aliphatic carbocycles. The van der Waals surface area contributed by atoms with Crippen LogP contribution in [0.3, 0.4) is 0 Å². The van der Waals surface area contributed by atoms with E-state index in [2.05, 4.69) is 10.6 Å². The number of hydrogen-bond donors (Lipinski definition) is 2. The van der Waals surface area contributed by atoms with Crippen LogP contribution in [0.4, 0.5) is 5.69 Å². The van der Waals surface area contributed by atoms with Crippen LogP contribution in [0.15, 0.2) is 47.4 Å². The molecule has 1 heterocycles. The van der Waals surface area contributed by atoms with E-state index in [0.717, 1.165) is 44.1 Å². The number of aryl methyl sites for hydroxylation is 2. The molecule has 1 saturated carbocycles. The standard InChI is InChI=1S/C26H31N3O4S/c30-25(28-23-7-3-6-21(16-23)26(31)27-22-9-10-22)19-12-14-29(15-13-19)34(32,33)24-11-8-18-4-1-2-5-20(18)17-24/h3,6-8,11,16-17,19,22H,1-2,4-5,9-10,12-15H2,(H,27,31)(H,28,30). The van der Waals surface area contributed by atoms with E-state index in [1.165, 1.54) is 9.87 Å². The summed E-state index contributed by atoms with van der Waals surface area (Å²) in [6.07, 6.45) is 7.19. The Labute approximate surface area is 201 Å². The summed E-state index contributed by atoms with van der Waals surface area (Å²) in [5.74, 6) is -0.524. The number of rotatable bonds is 6. The molecule has 2 aromatic carbocycles. The van der Waals surface area contributed by atoms with Crippen molar-refractivity contribution >= 4 is 27.5 Å². The maximum Gasteiger partial charge on any atom is 0.251 e. The molecule has 0 bridgehead atoms. The number of hydrogen-bond acceptors (Lipinski definition) is 4. The zero-order valence-corrected chi connectivity index (χ0v) is 20.1. The molecule has 2 amide bonds. The molecule has 5 rings (SSSR count). The van der Waals surface area contributed by atoms with Crippen LogP contribution in [0.1, 0.15) is 60.0 Å². The third-order valence-corrected chi connectivity index (χ3v) is 8.98. The van der Waals surface area contributed by atoms with Crippen LogP contribution in [0.5, 0.6) is 0 Å². The van der Waals surface area contributed by atoms with Crippen molar-refractivity contribution in [2.75, 3.05) is 18.4 Å². The summed E-state index contributed by atoms with van der Waals surface area (Å²) in [6.45, 7) is 0.642. The van der Waals surface area contributed by atoms with Gasteiger partial charge in [-0.05, 0) is 92.8 Å². The molecule has 0 atom stereocenters. The summed E-state index contributed by atoms with van der Waals surface area (Å²) in [7, 11) is -3.57. The Morgan fingerprint density at radius 3 is 2.35 bits per heavy atom. The van der Waals surface area contributed by atoms with E-state index in [1.54, 1.807) is 30.3 Å². The van der Waals surface area contributed by atoms with Crippen LogP contribution in [0, 0.1) is 5.92 Å². The van der Waals surface area contributed by atoms with Gasteiger partial charge in [0.05, 0.1) is 4.90 Å². The molecule has 7 nitrogen and oxygen atoms in total. The van der Waals surface area contributed by atoms with Crippen LogP contribution in [-0.4, -0.2) is 43.7 Å². The second-order valence-corrected chi connectivity index (χ2v) is 11.6. The lowest BCUT2D eigenvalue weighted by atomic mass is 9.92. The van der Waals surface area contributed by atoms with E-state index in [1.807, 2.05) is 12.1 Å². The third kappa shape index (κ3) is 5.03. The van der Waals surface area contributed by atoms with Gasteiger partial charge in [0.2, 0.25) is 15.9 Å². The lowest BCUT2D eigenvalue weighted by molar-refractivity contribution is -0.120. The van der Waals surface area contributed by atoms with Gasteiger partial charge in [-0.15, -0.1) is 0 Å². The highest BCUT2D eigenvalue weighted by atomic mass is 32.2.